The third kappa shape index (κ3) is 2.04. The first-order valence-electron chi connectivity index (χ1n) is 7.44. The Balaban J connectivity index is 2.10. The number of rotatable bonds is 1. The van der Waals surface area contributed by atoms with E-state index in [1.165, 1.54) is 0 Å². The lowest BCUT2D eigenvalue weighted by molar-refractivity contribution is -0.135. The number of hydrogen-bond donors (Lipinski definition) is 0. The molecular weight excluding hydrogens is 310 g/mol. The van der Waals surface area contributed by atoms with E-state index in [4.69, 9.17) is 4.74 Å². The summed E-state index contributed by atoms with van der Waals surface area (Å²) in [5.74, 6) is -0.0824. The minimum Gasteiger partial charge on any atom is -0.425 e. The van der Waals surface area contributed by atoms with Crippen LogP contribution in [0.5, 0.6) is 5.75 Å². The molecule has 0 unspecified atom stereocenters. The fraction of sp³-hybridized carbons (Fsp3) is 0.222. The van der Waals surface area contributed by atoms with Gasteiger partial charge in [0.15, 0.2) is 0 Å². The summed E-state index contributed by atoms with van der Waals surface area (Å²) in [4.78, 5) is 26.1. The van der Waals surface area contributed by atoms with Gasteiger partial charge in [-0.3, -0.25) is 9.59 Å². The molecule has 23 heavy (non-hydrogen) atoms. The molecule has 3 aromatic rings. The molecule has 1 aromatic carbocycles. The number of para-hydroxylation sites is 1. The molecule has 0 aliphatic carbocycles. The number of carbonyl (C=O) groups excluding carboxylic acids is 1. The Bertz CT molecular complexity index is 999. The Labute approximate surface area is 136 Å². The van der Waals surface area contributed by atoms with Crippen LogP contribution >= 0.6 is 11.3 Å². The van der Waals surface area contributed by atoms with Crippen LogP contribution in [-0.2, 0) is 11.8 Å². The van der Waals surface area contributed by atoms with E-state index in [1.54, 1.807) is 23.0 Å². The molecule has 1 aliphatic heterocycles. The van der Waals surface area contributed by atoms with Gasteiger partial charge in [-0.15, -0.1) is 11.3 Å². The smallest absolute Gasteiger partial charge is 0.312 e. The zero-order valence-electron chi connectivity index (χ0n) is 12.8. The van der Waals surface area contributed by atoms with Crippen molar-refractivity contribution < 1.29 is 9.53 Å². The lowest BCUT2D eigenvalue weighted by Crippen LogP contribution is -2.31. The normalized spacial score (nSPS) is 17.1. The predicted molar refractivity (Wildman–Crippen MR) is 90.3 cm³/mol. The summed E-state index contributed by atoms with van der Waals surface area (Å²) in [7, 11) is 1.76. The second kappa shape index (κ2) is 5.06. The average Bonchev–Trinajstić information content (AvgIpc) is 2.97. The molecule has 0 N–H and O–H groups in total. The lowest BCUT2D eigenvalue weighted by atomic mass is 9.89. The fourth-order valence-corrected chi connectivity index (χ4v) is 4.34. The zero-order chi connectivity index (χ0) is 16.1. The molecule has 2 aromatic heterocycles. The van der Waals surface area contributed by atoms with Crippen molar-refractivity contribution in [3.8, 4) is 5.75 Å². The lowest BCUT2D eigenvalue weighted by Gasteiger charge is -2.25. The van der Waals surface area contributed by atoms with E-state index in [2.05, 4.69) is 0 Å². The van der Waals surface area contributed by atoms with Gasteiger partial charge in [0.05, 0.1) is 17.5 Å². The van der Waals surface area contributed by atoms with Gasteiger partial charge in [0.25, 0.3) is 5.56 Å². The molecule has 3 heterocycles. The first-order chi connectivity index (χ1) is 11.1. The molecule has 0 radical (unpaired) electrons. The van der Waals surface area contributed by atoms with Crippen molar-refractivity contribution in [1.29, 1.82) is 0 Å². The van der Waals surface area contributed by atoms with Gasteiger partial charge in [-0.05, 0) is 36.1 Å². The summed E-state index contributed by atoms with van der Waals surface area (Å²) in [6, 6.07) is 9.54. The van der Waals surface area contributed by atoms with Crippen LogP contribution in [0, 0.1) is 6.92 Å². The van der Waals surface area contributed by atoms with Crippen molar-refractivity contribution in [2.75, 3.05) is 0 Å². The molecule has 0 saturated heterocycles. The van der Waals surface area contributed by atoms with Crippen molar-refractivity contribution in [1.82, 2.24) is 4.57 Å². The molecule has 4 nitrogen and oxygen atoms in total. The van der Waals surface area contributed by atoms with Crippen molar-refractivity contribution in [2.45, 2.75) is 19.3 Å². The van der Waals surface area contributed by atoms with Crippen LogP contribution in [0.2, 0.25) is 0 Å². The minimum absolute atomic E-state index is 0.0935. The standard InChI is InChI=1S/C18H15NO3S/c1-10-7-8-23-17(10)12-9-14(20)22-16-11-5-3-4-6-13(11)19(2)18(21)15(12)16/h3-8,12H,9H2,1-2H3/t12-/m1/s1. The van der Waals surface area contributed by atoms with E-state index in [1.807, 2.05) is 42.6 Å². The second-order valence-corrected chi connectivity index (χ2v) is 6.77. The summed E-state index contributed by atoms with van der Waals surface area (Å²) < 4.78 is 7.14. The molecule has 0 fully saturated rings. The van der Waals surface area contributed by atoms with Gasteiger partial charge in [-0.1, -0.05) is 12.1 Å². The molecule has 0 bridgehead atoms. The number of esters is 1. The number of pyridine rings is 1. The molecule has 0 saturated carbocycles. The van der Waals surface area contributed by atoms with Crippen molar-refractivity contribution >= 4 is 28.2 Å². The molecule has 1 aliphatic rings. The average molecular weight is 325 g/mol. The highest BCUT2D eigenvalue weighted by Crippen LogP contribution is 2.42. The SMILES string of the molecule is Cc1ccsc1[C@@H]1CC(=O)Oc2c1c(=O)n(C)c1ccccc21. The Morgan fingerprint density at radius 1 is 1.22 bits per heavy atom. The van der Waals surface area contributed by atoms with Crippen LogP contribution in [0.15, 0.2) is 40.5 Å². The number of benzene rings is 1. The number of aryl methyl sites for hydroxylation is 2. The van der Waals surface area contributed by atoms with E-state index in [0.717, 1.165) is 21.3 Å². The maximum atomic E-state index is 12.9. The van der Waals surface area contributed by atoms with Gasteiger partial charge < -0.3 is 9.30 Å². The molecular formula is C18H15NO3S. The molecule has 4 rings (SSSR count). The third-order valence-electron chi connectivity index (χ3n) is 4.44. The van der Waals surface area contributed by atoms with Gasteiger partial charge >= 0.3 is 5.97 Å². The molecule has 0 spiro atoms. The van der Waals surface area contributed by atoms with Crippen LogP contribution in [0.25, 0.3) is 10.9 Å². The molecule has 5 heteroatoms. The first-order valence-corrected chi connectivity index (χ1v) is 8.32. The first kappa shape index (κ1) is 14.2. The van der Waals surface area contributed by atoms with Crippen LogP contribution in [0.3, 0.4) is 0 Å². The second-order valence-electron chi connectivity index (χ2n) is 5.82. The number of thiophene rings is 1. The molecule has 0 amide bonds. The number of ether oxygens (including phenoxy) is 1. The quantitative estimate of drug-likeness (QED) is 0.645. The zero-order valence-corrected chi connectivity index (χ0v) is 13.6. The number of fused-ring (bicyclic) bond motifs is 3. The van der Waals surface area contributed by atoms with Gasteiger partial charge in [0, 0.05) is 23.2 Å². The summed E-state index contributed by atoms with van der Waals surface area (Å²) in [5, 5.41) is 2.80. The van der Waals surface area contributed by atoms with Crippen molar-refractivity contribution in [2.24, 2.45) is 7.05 Å². The fourth-order valence-electron chi connectivity index (χ4n) is 3.30. The Morgan fingerprint density at radius 2 is 2.00 bits per heavy atom. The van der Waals surface area contributed by atoms with Gasteiger partial charge in [-0.25, -0.2) is 0 Å². The number of carbonyl (C=O) groups is 1. The maximum absolute atomic E-state index is 12.9. The van der Waals surface area contributed by atoms with E-state index in [9.17, 15) is 9.59 Å². The minimum atomic E-state index is -0.284. The third-order valence-corrected chi connectivity index (χ3v) is 5.58. The van der Waals surface area contributed by atoms with E-state index in [-0.39, 0.29) is 23.9 Å². The summed E-state index contributed by atoms with van der Waals surface area (Å²) in [5.41, 5.74) is 2.38. The monoisotopic (exact) mass is 325 g/mol. The summed E-state index contributed by atoms with van der Waals surface area (Å²) >= 11 is 1.59. The Morgan fingerprint density at radius 3 is 2.74 bits per heavy atom. The Hall–Kier alpha value is -2.40. The van der Waals surface area contributed by atoms with Crippen molar-refractivity contribution in [3.63, 3.8) is 0 Å². The highest BCUT2D eigenvalue weighted by Gasteiger charge is 2.34. The van der Waals surface area contributed by atoms with E-state index in [0.29, 0.717) is 11.3 Å². The summed E-state index contributed by atoms with van der Waals surface area (Å²) in [6.45, 7) is 2.01. The van der Waals surface area contributed by atoms with E-state index >= 15 is 0 Å². The van der Waals surface area contributed by atoms with Crippen molar-refractivity contribution in [3.05, 3.63) is 62.1 Å². The van der Waals surface area contributed by atoms with Crippen LogP contribution in [0.1, 0.15) is 28.3 Å². The Kier molecular flexibility index (Phi) is 3.13. The predicted octanol–water partition coefficient (Wildman–Crippen LogP) is 3.35. The van der Waals surface area contributed by atoms with Crippen LogP contribution < -0.4 is 10.3 Å². The van der Waals surface area contributed by atoms with Gasteiger partial charge in [0.2, 0.25) is 0 Å². The topological polar surface area (TPSA) is 48.3 Å². The highest BCUT2D eigenvalue weighted by molar-refractivity contribution is 7.10. The maximum Gasteiger partial charge on any atom is 0.312 e. The van der Waals surface area contributed by atoms with Crippen LogP contribution in [-0.4, -0.2) is 10.5 Å². The molecule has 1 atom stereocenters. The van der Waals surface area contributed by atoms with Gasteiger partial charge in [-0.2, -0.15) is 0 Å². The number of hydrogen-bond acceptors (Lipinski definition) is 4. The number of nitrogens with zero attached hydrogens (tertiary/aromatic N) is 1. The molecule has 116 valence electrons. The van der Waals surface area contributed by atoms with E-state index < -0.39 is 0 Å². The summed E-state index contributed by atoms with van der Waals surface area (Å²) in [6.07, 6.45) is 0.210. The number of aromatic nitrogens is 1. The largest absolute Gasteiger partial charge is 0.425 e. The van der Waals surface area contributed by atoms with Gasteiger partial charge in [0.1, 0.15) is 5.75 Å². The highest BCUT2D eigenvalue weighted by atomic mass is 32.1. The van der Waals surface area contributed by atoms with Crippen LogP contribution in [0.4, 0.5) is 0 Å².